The first kappa shape index (κ1) is 24.8. The van der Waals surface area contributed by atoms with E-state index in [0.717, 1.165) is 76.1 Å². The molecule has 5 aromatic rings. The van der Waals surface area contributed by atoms with Gasteiger partial charge in [-0.1, -0.05) is 25.3 Å². The SMILES string of the molecule is O=C(CC1CCCCC1)Nc1cncc(-c2ccc3[nH]nc(-c4cc5c(N6CCCCC6)ccnc5[nH]4)c3c2)c1. The molecule has 4 aromatic heterocycles. The molecule has 204 valence electrons. The normalized spacial score (nSPS) is 16.6. The molecule has 1 aromatic carbocycles. The molecular weight excluding hydrogens is 498 g/mol. The maximum atomic E-state index is 12.7. The summed E-state index contributed by atoms with van der Waals surface area (Å²) in [5, 5.41) is 13.1. The molecule has 1 saturated carbocycles. The Labute approximate surface area is 233 Å². The third-order valence-electron chi connectivity index (χ3n) is 8.58. The number of carbonyl (C=O) groups is 1. The number of amides is 1. The molecule has 0 spiro atoms. The van der Waals surface area contributed by atoms with Crippen LogP contribution in [0.1, 0.15) is 57.8 Å². The molecule has 0 radical (unpaired) electrons. The van der Waals surface area contributed by atoms with Crippen LogP contribution in [0.3, 0.4) is 0 Å². The van der Waals surface area contributed by atoms with Crippen LogP contribution in [0.2, 0.25) is 0 Å². The van der Waals surface area contributed by atoms with E-state index in [1.807, 2.05) is 18.5 Å². The molecule has 1 aliphatic carbocycles. The summed E-state index contributed by atoms with van der Waals surface area (Å²) in [4.78, 5) is 27.7. The van der Waals surface area contributed by atoms with Gasteiger partial charge in [-0.05, 0) is 73.9 Å². The molecule has 8 heteroatoms. The smallest absolute Gasteiger partial charge is 0.224 e. The lowest BCUT2D eigenvalue weighted by Crippen LogP contribution is -2.29. The van der Waals surface area contributed by atoms with Gasteiger partial charge in [0.2, 0.25) is 5.91 Å². The first-order chi connectivity index (χ1) is 19.7. The van der Waals surface area contributed by atoms with Gasteiger partial charge in [0.15, 0.2) is 0 Å². The highest BCUT2D eigenvalue weighted by Gasteiger charge is 2.19. The van der Waals surface area contributed by atoms with Gasteiger partial charge in [0.25, 0.3) is 0 Å². The van der Waals surface area contributed by atoms with Gasteiger partial charge in [-0.2, -0.15) is 5.10 Å². The maximum absolute atomic E-state index is 12.7. The summed E-state index contributed by atoms with van der Waals surface area (Å²) < 4.78 is 0. The van der Waals surface area contributed by atoms with Crippen molar-refractivity contribution >= 4 is 39.2 Å². The second-order valence-corrected chi connectivity index (χ2v) is 11.4. The van der Waals surface area contributed by atoms with Crippen molar-refractivity contribution in [1.29, 1.82) is 0 Å². The van der Waals surface area contributed by atoms with Gasteiger partial charge in [-0.25, -0.2) is 4.98 Å². The van der Waals surface area contributed by atoms with E-state index < -0.39 is 0 Å². The van der Waals surface area contributed by atoms with Crippen LogP contribution in [0.4, 0.5) is 11.4 Å². The Balaban J connectivity index is 1.17. The van der Waals surface area contributed by atoms with E-state index in [-0.39, 0.29) is 5.91 Å². The molecule has 3 N–H and O–H groups in total. The fourth-order valence-electron chi connectivity index (χ4n) is 6.48. The summed E-state index contributed by atoms with van der Waals surface area (Å²) in [5.74, 6) is 0.581. The standard InChI is InChI=1S/C32H35N7O/c40-30(15-21-7-3-1-4-8-21)35-24-16-23(19-33-20-24)22-9-10-27-25(17-22)31(38-37-27)28-18-26-29(11-12-34-32(26)36-28)39-13-5-2-6-14-39/h9-12,16-21H,1-8,13-15H2,(H,34,36)(H,35,40)(H,37,38). The largest absolute Gasteiger partial charge is 0.371 e. The topological polar surface area (TPSA) is 103 Å². The lowest BCUT2D eigenvalue weighted by molar-refractivity contribution is -0.117. The Morgan fingerprint density at radius 2 is 1.77 bits per heavy atom. The van der Waals surface area contributed by atoms with Gasteiger partial charge >= 0.3 is 0 Å². The fraction of sp³-hybridized carbons (Fsp3) is 0.375. The molecule has 1 amide bonds. The van der Waals surface area contributed by atoms with Crippen LogP contribution >= 0.6 is 0 Å². The fourth-order valence-corrected chi connectivity index (χ4v) is 6.48. The number of carbonyl (C=O) groups excluding carboxylic acids is 1. The molecule has 5 heterocycles. The number of benzene rings is 1. The Morgan fingerprint density at radius 1 is 0.925 bits per heavy atom. The number of aromatic amines is 2. The molecule has 40 heavy (non-hydrogen) atoms. The summed E-state index contributed by atoms with van der Waals surface area (Å²) in [6, 6.07) is 12.6. The second kappa shape index (κ2) is 10.8. The van der Waals surface area contributed by atoms with E-state index in [0.29, 0.717) is 12.3 Å². The quantitative estimate of drug-likeness (QED) is 0.217. The van der Waals surface area contributed by atoms with Crippen molar-refractivity contribution in [1.82, 2.24) is 25.1 Å². The number of hydrogen-bond acceptors (Lipinski definition) is 5. The zero-order valence-electron chi connectivity index (χ0n) is 22.7. The zero-order chi connectivity index (χ0) is 26.9. The van der Waals surface area contributed by atoms with Crippen molar-refractivity contribution in [3.05, 3.63) is 55.0 Å². The van der Waals surface area contributed by atoms with E-state index in [2.05, 4.69) is 65.7 Å². The lowest BCUT2D eigenvalue weighted by atomic mass is 9.87. The van der Waals surface area contributed by atoms with Gasteiger partial charge < -0.3 is 15.2 Å². The number of aromatic nitrogens is 5. The summed E-state index contributed by atoms with van der Waals surface area (Å²) in [6.07, 6.45) is 15.9. The van der Waals surface area contributed by atoms with E-state index >= 15 is 0 Å². The molecule has 8 nitrogen and oxygen atoms in total. The Kier molecular flexibility index (Phi) is 6.67. The number of pyridine rings is 2. The highest BCUT2D eigenvalue weighted by atomic mass is 16.1. The number of rotatable bonds is 6. The molecular formula is C32H35N7O. The van der Waals surface area contributed by atoms with Crippen molar-refractivity contribution in [2.45, 2.75) is 57.8 Å². The summed E-state index contributed by atoms with van der Waals surface area (Å²) in [7, 11) is 0. The van der Waals surface area contributed by atoms with E-state index in [4.69, 9.17) is 0 Å². The number of piperidine rings is 1. The average molecular weight is 534 g/mol. The van der Waals surface area contributed by atoms with Crippen LogP contribution in [0, 0.1) is 5.92 Å². The van der Waals surface area contributed by atoms with Gasteiger partial charge in [-0.15, -0.1) is 0 Å². The molecule has 7 rings (SSSR count). The number of H-pyrrole nitrogens is 2. The van der Waals surface area contributed by atoms with Crippen molar-refractivity contribution in [3.8, 4) is 22.5 Å². The zero-order valence-corrected chi connectivity index (χ0v) is 22.7. The van der Waals surface area contributed by atoms with Crippen LogP contribution in [0.15, 0.2) is 55.0 Å². The van der Waals surface area contributed by atoms with Crippen LogP contribution in [0.25, 0.3) is 44.5 Å². The predicted octanol–water partition coefficient (Wildman–Crippen LogP) is 7.07. The van der Waals surface area contributed by atoms with Gasteiger partial charge in [0.1, 0.15) is 11.3 Å². The van der Waals surface area contributed by atoms with Crippen molar-refractivity contribution < 1.29 is 4.79 Å². The number of nitrogens with zero attached hydrogens (tertiary/aromatic N) is 4. The second-order valence-electron chi connectivity index (χ2n) is 11.4. The van der Waals surface area contributed by atoms with Crippen molar-refractivity contribution in [2.75, 3.05) is 23.3 Å². The Morgan fingerprint density at radius 3 is 2.65 bits per heavy atom. The van der Waals surface area contributed by atoms with Crippen LogP contribution in [-0.2, 0) is 4.79 Å². The average Bonchev–Trinajstić information content (AvgIpc) is 3.62. The molecule has 0 unspecified atom stereocenters. The predicted molar refractivity (Wildman–Crippen MR) is 160 cm³/mol. The highest BCUT2D eigenvalue weighted by molar-refractivity contribution is 6.00. The third-order valence-corrected chi connectivity index (χ3v) is 8.58. The summed E-state index contributed by atoms with van der Waals surface area (Å²) in [5.41, 5.74) is 7.60. The van der Waals surface area contributed by atoms with E-state index in [1.165, 1.54) is 44.2 Å². The number of anilines is 2. The minimum atomic E-state index is 0.0785. The van der Waals surface area contributed by atoms with Crippen molar-refractivity contribution in [2.24, 2.45) is 5.92 Å². The number of nitrogens with one attached hydrogen (secondary N) is 3. The maximum Gasteiger partial charge on any atom is 0.224 e. The van der Waals surface area contributed by atoms with E-state index in [1.54, 1.807) is 6.20 Å². The van der Waals surface area contributed by atoms with Gasteiger partial charge in [0.05, 0.1) is 23.1 Å². The first-order valence-electron chi connectivity index (χ1n) is 14.7. The summed E-state index contributed by atoms with van der Waals surface area (Å²) in [6.45, 7) is 2.17. The van der Waals surface area contributed by atoms with Crippen LogP contribution < -0.4 is 10.2 Å². The van der Waals surface area contributed by atoms with E-state index in [9.17, 15) is 4.79 Å². The summed E-state index contributed by atoms with van der Waals surface area (Å²) >= 11 is 0. The molecule has 1 aliphatic heterocycles. The molecule has 0 bridgehead atoms. The van der Waals surface area contributed by atoms with Gasteiger partial charge in [0, 0.05) is 53.9 Å². The first-order valence-corrected chi connectivity index (χ1v) is 14.7. The lowest BCUT2D eigenvalue weighted by Gasteiger charge is -2.29. The minimum absolute atomic E-state index is 0.0785. The highest BCUT2D eigenvalue weighted by Crippen LogP contribution is 2.35. The molecule has 0 atom stereocenters. The Bertz CT molecular complexity index is 1660. The monoisotopic (exact) mass is 533 g/mol. The minimum Gasteiger partial charge on any atom is -0.371 e. The number of fused-ring (bicyclic) bond motifs is 2. The molecule has 2 aliphatic rings. The van der Waals surface area contributed by atoms with Gasteiger partial charge in [-0.3, -0.25) is 14.9 Å². The van der Waals surface area contributed by atoms with Crippen LogP contribution in [-0.4, -0.2) is 44.1 Å². The Hall–Kier alpha value is -4.20. The molecule has 1 saturated heterocycles. The van der Waals surface area contributed by atoms with Crippen molar-refractivity contribution in [3.63, 3.8) is 0 Å². The molecule has 2 fully saturated rings. The number of hydrogen-bond donors (Lipinski definition) is 3. The van der Waals surface area contributed by atoms with Crippen LogP contribution in [0.5, 0.6) is 0 Å². The third kappa shape index (κ3) is 4.94.